The van der Waals surface area contributed by atoms with Gasteiger partial charge in [0.05, 0.1) is 17.8 Å². The van der Waals surface area contributed by atoms with Crippen molar-refractivity contribution in [2.75, 3.05) is 0 Å². The zero-order valence-corrected chi connectivity index (χ0v) is 23.6. The molecule has 1 aromatic heterocycles. The van der Waals surface area contributed by atoms with Crippen LogP contribution in [0.3, 0.4) is 0 Å². The lowest BCUT2D eigenvalue weighted by atomic mass is 10.1. The van der Waals surface area contributed by atoms with Gasteiger partial charge in [-0.3, -0.25) is 9.48 Å². The van der Waals surface area contributed by atoms with E-state index in [9.17, 15) is 18.0 Å². The largest absolute Gasteiger partial charge is 0.489 e. The molecule has 0 spiro atoms. The minimum absolute atomic E-state index is 0.106. The Morgan fingerprint density at radius 2 is 1.79 bits per heavy atom. The van der Waals surface area contributed by atoms with E-state index in [1.54, 1.807) is 48.1 Å². The van der Waals surface area contributed by atoms with Gasteiger partial charge in [0, 0.05) is 21.4 Å². The summed E-state index contributed by atoms with van der Waals surface area (Å²) in [5, 5.41) is 13.7. The first-order valence-electron chi connectivity index (χ1n) is 12.5. The maximum atomic E-state index is 12.9. The van der Waals surface area contributed by atoms with Crippen LogP contribution in [-0.4, -0.2) is 32.3 Å². The normalized spacial score (nSPS) is 12.9. The van der Waals surface area contributed by atoms with Crippen LogP contribution in [0.25, 0.3) is 10.9 Å². The number of aromatic nitrogens is 2. The smallest absolute Gasteiger partial charge is 0.412 e. The predicted octanol–water partition coefficient (Wildman–Crippen LogP) is 8.86. The van der Waals surface area contributed by atoms with Crippen LogP contribution < -0.4 is 4.74 Å². The van der Waals surface area contributed by atoms with Gasteiger partial charge in [0.2, 0.25) is 0 Å². The first-order chi connectivity index (χ1) is 18.1. The second-order valence-corrected chi connectivity index (χ2v) is 9.14. The van der Waals surface area contributed by atoms with Gasteiger partial charge >= 0.3 is 12.1 Å². The fourth-order valence-electron chi connectivity index (χ4n) is 3.28. The number of halogens is 3. The molecule has 0 fully saturated rings. The number of alkyl halides is 3. The monoisotopic (exact) mass is 550 g/mol. The minimum atomic E-state index is -4.36. The van der Waals surface area contributed by atoms with E-state index in [4.69, 9.17) is 9.84 Å². The Balaban J connectivity index is 0.00000172. The quantitative estimate of drug-likeness (QED) is 0.202. The molecule has 2 unspecified atom stereocenters. The van der Waals surface area contributed by atoms with Crippen molar-refractivity contribution in [2.45, 2.75) is 76.9 Å². The van der Waals surface area contributed by atoms with Gasteiger partial charge in [-0.25, -0.2) is 0 Å². The molecule has 0 radical (unpaired) electrons. The van der Waals surface area contributed by atoms with E-state index in [1.807, 2.05) is 45.9 Å². The summed E-state index contributed by atoms with van der Waals surface area (Å²) >= 11 is 1.24. The van der Waals surface area contributed by atoms with Gasteiger partial charge in [0.25, 0.3) is 0 Å². The number of carboxylic acid groups (broad SMARTS) is 1. The van der Waals surface area contributed by atoms with Crippen LogP contribution in [0.1, 0.15) is 59.6 Å². The van der Waals surface area contributed by atoms with E-state index in [2.05, 4.69) is 11.7 Å². The topological polar surface area (TPSA) is 64.4 Å². The van der Waals surface area contributed by atoms with Crippen molar-refractivity contribution in [1.82, 2.24) is 9.78 Å². The molecule has 9 heteroatoms. The van der Waals surface area contributed by atoms with E-state index in [-0.39, 0.29) is 13.0 Å². The maximum absolute atomic E-state index is 12.9. The van der Waals surface area contributed by atoms with Gasteiger partial charge in [-0.05, 0) is 44.5 Å². The summed E-state index contributed by atoms with van der Waals surface area (Å²) in [6, 6.07) is 12.3. The molecule has 208 valence electrons. The van der Waals surface area contributed by atoms with Crippen molar-refractivity contribution in [2.24, 2.45) is 0 Å². The first-order valence-corrected chi connectivity index (χ1v) is 13.4. The standard InChI is InChI=1S/C25H25F3N2O3S.2C2H6/c1-4-20(9-8-16(2)25(26,27)28)30-23-18(14-29-30)6-5-7-19(23)15-33-21-10-12-22(13-11-21)34-17(3)24(31)32;2*1-2/h4-8,10-14,17,20H,1,9,15H2,2-3H3,(H,31,32);2*1-2H3/b16-8+;;. The molecule has 5 nitrogen and oxygen atoms in total. The first kappa shape index (κ1) is 32.8. The number of thioether (sulfide) groups is 1. The molecular weight excluding hydrogens is 513 g/mol. The number of fused-ring (bicyclic) bond motifs is 1. The van der Waals surface area contributed by atoms with Crippen LogP contribution in [0.4, 0.5) is 13.2 Å². The lowest BCUT2D eigenvalue weighted by molar-refractivity contribution is -0.136. The summed E-state index contributed by atoms with van der Waals surface area (Å²) < 4.78 is 46.3. The SMILES string of the molecule is C=CC(C/C=C(\C)C(F)(F)F)n1ncc2cccc(COc3ccc(SC(C)C(=O)O)cc3)c21.CC.CC. The highest BCUT2D eigenvalue weighted by atomic mass is 32.2. The second-order valence-electron chi connectivity index (χ2n) is 7.73. The maximum Gasteiger partial charge on any atom is 0.412 e. The summed E-state index contributed by atoms with van der Waals surface area (Å²) in [7, 11) is 0. The summed E-state index contributed by atoms with van der Waals surface area (Å²) in [6.07, 6.45) is 0.152. The Labute approximate surface area is 227 Å². The third kappa shape index (κ3) is 9.28. The number of ether oxygens (including phenoxy) is 1. The van der Waals surface area contributed by atoms with Crippen LogP contribution in [0.2, 0.25) is 0 Å². The number of para-hydroxylation sites is 1. The van der Waals surface area contributed by atoms with Crippen molar-refractivity contribution in [3.63, 3.8) is 0 Å². The second kappa shape index (κ2) is 15.9. The zero-order valence-electron chi connectivity index (χ0n) is 22.7. The van der Waals surface area contributed by atoms with E-state index in [0.717, 1.165) is 34.4 Å². The van der Waals surface area contributed by atoms with Gasteiger partial charge in [-0.2, -0.15) is 18.3 Å². The molecule has 1 N–H and O–H groups in total. The summed E-state index contributed by atoms with van der Waals surface area (Å²) in [5.74, 6) is -0.267. The van der Waals surface area contributed by atoms with Gasteiger partial charge in [0.15, 0.2) is 0 Å². The molecule has 0 aliphatic carbocycles. The van der Waals surface area contributed by atoms with Gasteiger partial charge in [-0.1, -0.05) is 58.0 Å². The van der Waals surface area contributed by atoms with E-state index in [0.29, 0.717) is 5.75 Å². The van der Waals surface area contributed by atoms with Crippen LogP contribution in [0.15, 0.2) is 77.9 Å². The number of hydrogen-bond donors (Lipinski definition) is 1. The molecule has 0 aliphatic rings. The van der Waals surface area contributed by atoms with Crippen molar-refractivity contribution >= 4 is 28.6 Å². The number of benzene rings is 2. The molecule has 0 aliphatic heterocycles. The molecule has 3 rings (SSSR count). The van der Waals surface area contributed by atoms with Gasteiger partial charge in [-0.15, -0.1) is 18.3 Å². The number of aliphatic carboxylic acids is 1. The fraction of sp³-hybridized carbons (Fsp3) is 0.379. The number of carboxylic acids is 1. The lowest BCUT2D eigenvalue weighted by Crippen LogP contribution is -2.12. The average Bonchev–Trinajstić information content (AvgIpc) is 3.35. The zero-order chi connectivity index (χ0) is 28.9. The Bertz CT molecular complexity index is 1190. The Kier molecular flexibility index (Phi) is 13.7. The Morgan fingerprint density at radius 1 is 1.16 bits per heavy atom. The third-order valence-corrected chi connectivity index (χ3v) is 6.38. The molecule has 0 bridgehead atoms. The number of rotatable bonds is 10. The number of allylic oxidation sites excluding steroid dienone is 3. The Morgan fingerprint density at radius 3 is 2.34 bits per heavy atom. The number of hydrogen-bond acceptors (Lipinski definition) is 4. The number of carbonyl (C=O) groups is 1. The minimum Gasteiger partial charge on any atom is -0.489 e. The van der Waals surface area contributed by atoms with Crippen molar-refractivity contribution in [3.8, 4) is 5.75 Å². The van der Waals surface area contributed by atoms with E-state index < -0.39 is 29.0 Å². The van der Waals surface area contributed by atoms with Crippen LogP contribution in [0, 0.1) is 0 Å². The molecule has 38 heavy (non-hydrogen) atoms. The number of nitrogens with zero attached hydrogens (tertiary/aromatic N) is 2. The molecule has 2 aromatic carbocycles. The average molecular weight is 551 g/mol. The van der Waals surface area contributed by atoms with Crippen LogP contribution in [-0.2, 0) is 11.4 Å². The van der Waals surface area contributed by atoms with Gasteiger partial charge < -0.3 is 9.84 Å². The molecule has 0 saturated carbocycles. The highest BCUT2D eigenvalue weighted by molar-refractivity contribution is 8.00. The molecule has 3 aromatic rings. The molecular formula is C29H37F3N2O3S. The summed E-state index contributed by atoms with van der Waals surface area (Å²) in [5.41, 5.74) is 0.947. The highest BCUT2D eigenvalue weighted by Crippen LogP contribution is 2.30. The lowest BCUT2D eigenvalue weighted by Gasteiger charge is -2.16. The van der Waals surface area contributed by atoms with E-state index >= 15 is 0 Å². The van der Waals surface area contributed by atoms with Crippen molar-refractivity contribution in [1.29, 1.82) is 0 Å². The fourth-order valence-corrected chi connectivity index (χ4v) is 4.09. The van der Waals surface area contributed by atoms with Crippen molar-refractivity contribution in [3.05, 3.63) is 78.5 Å². The van der Waals surface area contributed by atoms with Crippen LogP contribution in [0.5, 0.6) is 5.75 Å². The van der Waals surface area contributed by atoms with E-state index in [1.165, 1.54) is 11.8 Å². The van der Waals surface area contributed by atoms with Crippen molar-refractivity contribution < 1.29 is 27.8 Å². The molecule has 2 atom stereocenters. The highest BCUT2D eigenvalue weighted by Gasteiger charge is 2.29. The van der Waals surface area contributed by atoms with Gasteiger partial charge in [0.1, 0.15) is 17.6 Å². The molecule has 0 amide bonds. The third-order valence-electron chi connectivity index (χ3n) is 5.28. The predicted molar refractivity (Wildman–Crippen MR) is 150 cm³/mol. The van der Waals surface area contributed by atoms with Crippen LogP contribution >= 0.6 is 11.8 Å². The summed E-state index contributed by atoms with van der Waals surface area (Å²) in [6.45, 7) is 14.7. The summed E-state index contributed by atoms with van der Waals surface area (Å²) in [4.78, 5) is 11.8. The molecule has 0 saturated heterocycles. The Hall–Kier alpha value is -3.20. The molecule has 1 heterocycles.